The second kappa shape index (κ2) is 15.7. The molecular weight excluding hydrogens is 644 g/mol. The van der Waals surface area contributed by atoms with Gasteiger partial charge in [0.05, 0.1) is 38.0 Å². The molecule has 0 spiro atoms. The van der Waals surface area contributed by atoms with Gasteiger partial charge >= 0.3 is 6.09 Å². The van der Waals surface area contributed by atoms with Crippen molar-refractivity contribution >= 4 is 35.4 Å². The molecule has 4 aromatic rings. The van der Waals surface area contributed by atoms with Crippen molar-refractivity contribution in [3.05, 3.63) is 125 Å². The molecule has 4 aromatic carbocycles. The fourth-order valence-electron chi connectivity index (χ4n) is 5.92. The molecule has 2 heterocycles. The molecule has 2 aliphatic rings. The molecule has 6 rings (SSSR count). The molecular formula is C38H38N2O8S. The average Bonchev–Trinajstić information content (AvgIpc) is 3.42. The van der Waals surface area contributed by atoms with E-state index in [1.807, 2.05) is 78.9 Å². The number of methoxy groups -OCH3 is 1. The van der Waals surface area contributed by atoms with Crippen LogP contribution < -0.4 is 15.0 Å². The van der Waals surface area contributed by atoms with E-state index in [1.165, 1.54) is 0 Å². The number of aliphatic hydroxyl groups is 1. The number of alkyl carbamates (subject to hydrolysis) is 1. The summed E-state index contributed by atoms with van der Waals surface area (Å²) in [5, 5.41) is 12.1. The number of hydrogen-bond acceptors (Lipinski definition) is 9. The number of carbonyl (C=O) groups is 3. The highest BCUT2D eigenvalue weighted by atomic mass is 32.2. The zero-order valence-corrected chi connectivity index (χ0v) is 28.0. The van der Waals surface area contributed by atoms with E-state index in [-0.39, 0.29) is 37.8 Å². The minimum absolute atomic E-state index is 0.0126. The maximum absolute atomic E-state index is 13.2. The average molecular weight is 683 g/mol. The molecule has 11 heteroatoms. The van der Waals surface area contributed by atoms with Gasteiger partial charge in [0, 0.05) is 22.1 Å². The third-order valence-electron chi connectivity index (χ3n) is 8.67. The third-order valence-corrected chi connectivity index (χ3v) is 9.81. The van der Waals surface area contributed by atoms with Crippen LogP contribution in [0.5, 0.6) is 5.75 Å². The Bertz CT molecular complexity index is 1750. The number of rotatable bonds is 11. The fraction of sp³-hybridized carbons (Fsp3) is 0.289. The van der Waals surface area contributed by atoms with Crippen LogP contribution >= 0.6 is 11.8 Å². The van der Waals surface area contributed by atoms with Crippen LogP contribution in [0.15, 0.2) is 108 Å². The van der Waals surface area contributed by atoms with Gasteiger partial charge in [-0.05, 0) is 41.0 Å². The molecule has 254 valence electrons. The number of carbonyl (C=O) groups excluding carboxylic acids is 3. The molecule has 0 saturated carbocycles. The lowest BCUT2D eigenvalue weighted by Crippen LogP contribution is -2.42. The number of aliphatic hydroxyl groups excluding tert-OH is 1. The molecule has 3 amide bonds. The number of amides is 3. The van der Waals surface area contributed by atoms with Gasteiger partial charge in [0.1, 0.15) is 18.4 Å². The van der Waals surface area contributed by atoms with Crippen molar-refractivity contribution in [2.75, 3.05) is 17.8 Å². The van der Waals surface area contributed by atoms with Crippen LogP contribution in [0.4, 0.5) is 10.5 Å². The number of hydrogen-bond donors (Lipinski definition) is 2. The SMILES string of the molecule is COc1ccccc1SC[C@@H]1O[C@H](c2ccc(N3C(=O)CC(NC(=O)OCc4ccccc4)C3=O)cc2)O[C@H](c2ccc(CO)cc2)[C@@H]1C. The van der Waals surface area contributed by atoms with Gasteiger partial charge in [0.15, 0.2) is 6.29 Å². The summed E-state index contributed by atoms with van der Waals surface area (Å²) in [6.07, 6.45) is -2.17. The Balaban J connectivity index is 1.15. The number of para-hydroxylation sites is 1. The Morgan fingerprint density at radius 2 is 1.59 bits per heavy atom. The van der Waals surface area contributed by atoms with Crippen LogP contribution in [-0.4, -0.2) is 48.0 Å². The van der Waals surface area contributed by atoms with E-state index in [9.17, 15) is 19.5 Å². The van der Waals surface area contributed by atoms with Crippen LogP contribution in [0.25, 0.3) is 0 Å². The van der Waals surface area contributed by atoms with Crippen LogP contribution in [0, 0.1) is 5.92 Å². The Morgan fingerprint density at radius 1 is 0.898 bits per heavy atom. The maximum atomic E-state index is 13.2. The zero-order valence-electron chi connectivity index (χ0n) is 27.2. The monoisotopic (exact) mass is 682 g/mol. The fourth-order valence-corrected chi connectivity index (χ4v) is 7.12. The van der Waals surface area contributed by atoms with Crippen molar-refractivity contribution in [1.29, 1.82) is 0 Å². The Hall–Kier alpha value is -4.68. The van der Waals surface area contributed by atoms with Gasteiger partial charge in [0.25, 0.3) is 5.91 Å². The summed E-state index contributed by atoms with van der Waals surface area (Å²) in [5.74, 6) is 0.464. The molecule has 0 bridgehead atoms. The second-order valence-corrected chi connectivity index (χ2v) is 13.0. The van der Waals surface area contributed by atoms with E-state index in [1.54, 1.807) is 43.1 Å². The molecule has 0 aliphatic carbocycles. The molecule has 5 atom stereocenters. The van der Waals surface area contributed by atoms with Crippen LogP contribution in [-0.2, 0) is 37.0 Å². The lowest BCUT2D eigenvalue weighted by atomic mass is 9.91. The predicted octanol–water partition coefficient (Wildman–Crippen LogP) is 6.33. The Morgan fingerprint density at radius 3 is 2.31 bits per heavy atom. The molecule has 49 heavy (non-hydrogen) atoms. The highest BCUT2D eigenvalue weighted by Gasteiger charge is 2.42. The Kier molecular flexibility index (Phi) is 10.9. The first-order valence-corrected chi connectivity index (χ1v) is 17.0. The molecule has 2 aliphatic heterocycles. The minimum atomic E-state index is -1.03. The topological polar surface area (TPSA) is 124 Å². The van der Waals surface area contributed by atoms with Crippen LogP contribution in [0.1, 0.15) is 48.0 Å². The molecule has 2 N–H and O–H groups in total. The van der Waals surface area contributed by atoms with Gasteiger partial charge in [-0.3, -0.25) is 9.59 Å². The van der Waals surface area contributed by atoms with Crippen molar-refractivity contribution in [2.45, 2.75) is 56.0 Å². The first-order valence-electron chi connectivity index (χ1n) is 16.0. The molecule has 10 nitrogen and oxygen atoms in total. The van der Waals surface area contributed by atoms with E-state index >= 15 is 0 Å². The van der Waals surface area contributed by atoms with Gasteiger partial charge in [-0.25, -0.2) is 9.69 Å². The smallest absolute Gasteiger partial charge is 0.408 e. The molecule has 0 radical (unpaired) electrons. The number of ether oxygens (including phenoxy) is 4. The summed E-state index contributed by atoms with van der Waals surface area (Å²) in [4.78, 5) is 40.7. The number of imide groups is 1. The van der Waals surface area contributed by atoms with Crippen LogP contribution in [0.2, 0.25) is 0 Å². The zero-order chi connectivity index (χ0) is 34.3. The minimum Gasteiger partial charge on any atom is -0.496 e. The normalized spacial score (nSPS) is 22.2. The summed E-state index contributed by atoms with van der Waals surface area (Å²) in [5.41, 5.74) is 3.69. The first kappa shape index (κ1) is 34.2. The van der Waals surface area contributed by atoms with Crippen molar-refractivity contribution in [3.8, 4) is 5.75 Å². The highest BCUT2D eigenvalue weighted by Crippen LogP contribution is 2.44. The summed E-state index contributed by atoms with van der Waals surface area (Å²) < 4.78 is 23.9. The molecule has 0 aromatic heterocycles. The van der Waals surface area contributed by atoms with E-state index in [0.29, 0.717) is 11.4 Å². The van der Waals surface area contributed by atoms with Crippen molar-refractivity contribution in [2.24, 2.45) is 5.92 Å². The standard InChI is InChI=1S/C38H38N2O8S/c1-24-32(23-49-33-11-7-6-10-31(33)45-2)47-37(48-35(24)27-14-12-25(21-41)13-15-27)28-16-18-29(19-17-28)40-34(42)20-30(36(40)43)39-38(44)46-22-26-8-4-3-5-9-26/h3-19,24,30,32,35,37,41H,20-23H2,1-2H3,(H,39,44)/t24-,30?,32+,35+,37+/m1/s1. The summed E-state index contributed by atoms with van der Waals surface area (Å²) in [7, 11) is 1.65. The maximum Gasteiger partial charge on any atom is 0.408 e. The van der Waals surface area contributed by atoms with Crippen LogP contribution in [0.3, 0.4) is 0 Å². The van der Waals surface area contributed by atoms with E-state index in [2.05, 4.69) is 12.2 Å². The third kappa shape index (κ3) is 7.97. The number of thioether (sulfide) groups is 1. The van der Waals surface area contributed by atoms with E-state index in [4.69, 9.17) is 18.9 Å². The Labute approximate surface area is 289 Å². The number of nitrogens with zero attached hydrogens (tertiary/aromatic N) is 1. The van der Waals surface area contributed by atoms with Crippen molar-refractivity contribution < 1.29 is 38.4 Å². The first-order chi connectivity index (χ1) is 23.8. The van der Waals surface area contributed by atoms with Gasteiger partial charge in [-0.2, -0.15) is 0 Å². The van der Waals surface area contributed by atoms with Gasteiger partial charge in [-0.15, -0.1) is 11.8 Å². The summed E-state index contributed by atoms with van der Waals surface area (Å²) >= 11 is 1.65. The number of anilines is 1. The number of benzene rings is 4. The molecule has 1 unspecified atom stereocenters. The summed E-state index contributed by atoms with van der Waals surface area (Å²) in [6.45, 7) is 2.10. The van der Waals surface area contributed by atoms with Crippen molar-refractivity contribution in [1.82, 2.24) is 5.32 Å². The lowest BCUT2D eigenvalue weighted by molar-refractivity contribution is -0.268. The molecule has 2 fully saturated rings. The quantitative estimate of drug-likeness (QED) is 0.138. The van der Waals surface area contributed by atoms with E-state index in [0.717, 1.165) is 37.8 Å². The number of nitrogens with one attached hydrogen (secondary N) is 1. The highest BCUT2D eigenvalue weighted by molar-refractivity contribution is 7.99. The van der Waals surface area contributed by atoms with Gasteiger partial charge in [0.2, 0.25) is 5.91 Å². The van der Waals surface area contributed by atoms with Gasteiger partial charge < -0.3 is 29.4 Å². The largest absolute Gasteiger partial charge is 0.496 e. The lowest BCUT2D eigenvalue weighted by Gasteiger charge is -2.41. The molecule has 2 saturated heterocycles. The van der Waals surface area contributed by atoms with Crippen molar-refractivity contribution in [3.63, 3.8) is 0 Å². The van der Waals surface area contributed by atoms with E-state index < -0.39 is 30.2 Å². The predicted molar refractivity (Wildman–Crippen MR) is 184 cm³/mol. The van der Waals surface area contributed by atoms with Gasteiger partial charge in [-0.1, -0.05) is 85.8 Å². The summed E-state index contributed by atoms with van der Waals surface area (Å²) in [6, 6.07) is 30.6. The second-order valence-electron chi connectivity index (χ2n) is 11.9.